The number of nitrogens with zero attached hydrogens (tertiary/aromatic N) is 1. The molecule has 9 heteroatoms. The zero-order valence-corrected chi connectivity index (χ0v) is 11.7. The maximum atomic E-state index is 13.8. The number of amides is 1. The first kappa shape index (κ1) is 16.3. The normalized spacial score (nSPS) is 25.0. The molecule has 1 heterocycles. The van der Waals surface area contributed by atoms with Crippen molar-refractivity contribution < 1.29 is 27.5 Å². The number of alkyl halides is 3. The van der Waals surface area contributed by atoms with Crippen LogP contribution in [0.4, 0.5) is 28.2 Å². The van der Waals surface area contributed by atoms with Crippen molar-refractivity contribution in [1.29, 1.82) is 0 Å². The molecule has 2 atom stereocenters. The maximum absolute atomic E-state index is 13.8. The topological polar surface area (TPSA) is 74.2 Å². The SMILES string of the molecule is CC1(Nc2ncc(C(F)(F)F)cc2F)CCCC1NC(=O)O. The molecule has 1 saturated carbocycles. The van der Waals surface area contributed by atoms with Crippen molar-refractivity contribution in [3.63, 3.8) is 0 Å². The van der Waals surface area contributed by atoms with Gasteiger partial charge in [-0.1, -0.05) is 0 Å². The minimum atomic E-state index is -4.67. The van der Waals surface area contributed by atoms with Crippen LogP contribution in [0.3, 0.4) is 0 Å². The van der Waals surface area contributed by atoms with Crippen molar-refractivity contribution in [1.82, 2.24) is 10.3 Å². The third-order valence-corrected chi connectivity index (χ3v) is 3.83. The van der Waals surface area contributed by atoms with Crippen LogP contribution in [0.25, 0.3) is 0 Å². The highest BCUT2D eigenvalue weighted by Gasteiger charge is 2.41. The van der Waals surface area contributed by atoms with Crippen LogP contribution in [-0.2, 0) is 6.18 Å². The van der Waals surface area contributed by atoms with Gasteiger partial charge in [0.1, 0.15) is 0 Å². The summed E-state index contributed by atoms with van der Waals surface area (Å²) in [6.07, 6.45) is -3.53. The quantitative estimate of drug-likeness (QED) is 0.747. The van der Waals surface area contributed by atoms with Gasteiger partial charge >= 0.3 is 12.3 Å². The second kappa shape index (κ2) is 5.62. The van der Waals surface area contributed by atoms with Gasteiger partial charge in [0, 0.05) is 6.20 Å². The summed E-state index contributed by atoms with van der Waals surface area (Å²) in [6.45, 7) is 1.68. The van der Waals surface area contributed by atoms with Gasteiger partial charge in [-0.3, -0.25) is 0 Å². The minimum absolute atomic E-state index is 0.324. The van der Waals surface area contributed by atoms with Gasteiger partial charge in [-0.15, -0.1) is 0 Å². The van der Waals surface area contributed by atoms with Gasteiger partial charge in [0.15, 0.2) is 11.6 Å². The van der Waals surface area contributed by atoms with E-state index in [9.17, 15) is 22.4 Å². The van der Waals surface area contributed by atoms with Crippen molar-refractivity contribution in [3.8, 4) is 0 Å². The lowest BCUT2D eigenvalue weighted by Gasteiger charge is -2.33. The molecule has 0 spiro atoms. The number of pyridine rings is 1. The van der Waals surface area contributed by atoms with E-state index in [0.717, 1.165) is 0 Å². The fourth-order valence-electron chi connectivity index (χ4n) is 2.65. The third-order valence-electron chi connectivity index (χ3n) is 3.83. The van der Waals surface area contributed by atoms with Crippen LogP contribution in [0.1, 0.15) is 31.7 Å². The fourth-order valence-corrected chi connectivity index (χ4v) is 2.65. The maximum Gasteiger partial charge on any atom is 0.417 e. The predicted molar refractivity (Wildman–Crippen MR) is 70.0 cm³/mol. The van der Waals surface area contributed by atoms with Crippen LogP contribution in [0.5, 0.6) is 0 Å². The summed E-state index contributed by atoms with van der Waals surface area (Å²) in [5, 5.41) is 13.9. The molecular formula is C13H15F4N3O2. The van der Waals surface area contributed by atoms with Crippen LogP contribution in [0.2, 0.25) is 0 Å². The number of carbonyl (C=O) groups is 1. The fraction of sp³-hybridized carbons (Fsp3) is 0.538. The number of hydrogen-bond acceptors (Lipinski definition) is 3. The Labute approximate surface area is 123 Å². The molecular weight excluding hydrogens is 306 g/mol. The van der Waals surface area contributed by atoms with Crippen LogP contribution in [0, 0.1) is 5.82 Å². The molecule has 1 fully saturated rings. The average molecular weight is 321 g/mol. The van der Waals surface area contributed by atoms with Crippen molar-refractivity contribution in [2.45, 2.75) is 43.9 Å². The zero-order valence-electron chi connectivity index (χ0n) is 11.7. The Morgan fingerprint density at radius 1 is 1.50 bits per heavy atom. The molecule has 0 bridgehead atoms. The molecule has 0 radical (unpaired) electrons. The Morgan fingerprint density at radius 2 is 2.18 bits per heavy atom. The van der Waals surface area contributed by atoms with E-state index in [1.54, 1.807) is 6.92 Å². The number of carboxylic acid groups (broad SMARTS) is 1. The second-order valence-corrected chi connectivity index (χ2v) is 5.49. The largest absolute Gasteiger partial charge is 0.465 e. The van der Waals surface area contributed by atoms with Crippen molar-refractivity contribution >= 4 is 11.9 Å². The van der Waals surface area contributed by atoms with Crippen molar-refractivity contribution in [3.05, 3.63) is 23.6 Å². The van der Waals surface area contributed by atoms with E-state index in [0.29, 0.717) is 31.5 Å². The molecule has 122 valence electrons. The summed E-state index contributed by atoms with van der Waals surface area (Å²) < 4.78 is 51.3. The lowest BCUT2D eigenvalue weighted by atomic mass is 9.95. The monoisotopic (exact) mass is 321 g/mol. The summed E-state index contributed by atoms with van der Waals surface area (Å²) in [6, 6.07) is -0.110. The smallest absolute Gasteiger partial charge is 0.417 e. The van der Waals surface area contributed by atoms with E-state index in [-0.39, 0.29) is 5.82 Å². The number of aromatic nitrogens is 1. The van der Waals surface area contributed by atoms with Crippen LogP contribution >= 0.6 is 0 Å². The van der Waals surface area contributed by atoms with Gasteiger partial charge in [0.2, 0.25) is 0 Å². The first-order valence-corrected chi connectivity index (χ1v) is 6.62. The number of nitrogens with one attached hydrogen (secondary N) is 2. The molecule has 1 aliphatic rings. The third kappa shape index (κ3) is 3.40. The van der Waals surface area contributed by atoms with Crippen molar-refractivity contribution in [2.24, 2.45) is 0 Å². The highest BCUT2D eigenvalue weighted by Crippen LogP contribution is 2.35. The summed E-state index contributed by atoms with van der Waals surface area (Å²) in [5.74, 6) is -1.45. The van der Waals surface area contributed by atoms with E-state index >= 15 is 0 Å². The molecule has 1 amide bonds. The molecule has 22 heavy (non-hydrogen) atoms. The summed E-state index contributed by atoms with van der Waals surface area (Å²) >= 11 is 0. The number of anilines is 1. The molecule has 0 aromatic carbocycles. The molecule has 1 aromatic rings. The molecule has 0 aliphatic heterocycles. The molecule has 5 nitrogen and oxygen atoms in total. The van der Waals surface area contributed by atoms with Gasteiger partial charge in [-0.05, 0) is 32.3 Å². The standard InChI is InChI=1S/C13H15F4N3O2/c1-12(4-2-3-9(12)19-11(21)22)20-10-8(14)5-7(6-18-10)13(15,16)17/h5-6,9,19H,2-4H2,1H3,(H,18,20)(H,21,22). The van der Waals surface area contributed by atoms with E-state index in [4.69, 9.17) is 5.11 Å². The highest BCUT2D eigenvalue weighted by atomic mass is 19.4. The number of rotatable bonds is 3. The molecule has 2 rings (SSSR count). The van der Waals surface area contributed by atoms with E-state index in [1.807, 2.05) is 0 Å². The minimum Gasteiger partial charge on any atom is -0.465 e. The summed E-state index contributed by atoms with van der Waals surface area (Å²) in [4.78, 5) is 14.2. The Morgan fingerprint density at radius 3 is 2.73 bits per heavy atom. The Balaban J connectivity index is 2.21. The molecule has 1 aliphatic carbocycles. The summed E-state index contributed by atoms with van der Waals surface area (Å²) in [7, 11) is 0. The zero-order chi connectivity index (χ0) is 16.5. The van der Waals surface area contributed by atoms with E-state index < -0.39 is 35.2 Å². The Hall–Kier alpha value is -2.06. The van der Waals surface area contributed by atoms with Gasteiger partial charge in [0.05, 0.1) is 17.1 Å². The molecule has 0 saturated heterocycles. The van der Waals surface area contributed by atoms with Gasteiger partial charge < -0.3 is 15.7 Å². The first-order valence-electron chi connectivity index (χ1n) is 6.62. The molecule has 3 N–H and O–H groups in total. The lowest BCUT2D eigenvalue weighted by Crippen LogP contribution is -2.51. The lowest BCUT2D eigenvalue weighted by molar-refractivity contribution is -0.138. The van der Waals surface area contributed by atoms with Gasteiger partial charge in [0.25, 0.3) is 0 Å². The van der Waals surface area contributed by atoms with E-state index in [1.165, 1.54) is 0 Å². The number of halogens is 4. The van der Waals surface area contributed by atoms with Crippen LogP contribution in [0.15, 0.2) is 12.3 Å². The van der Waals surface area contributed by atoms with Crippen molar-refractivity contribution in [2.75, 3.05) is 5.32 Å². The Bertz CT molecular complexity index is 579. The molecule has 1 aromatic heterocycles. The second-order valence-electron chi connectivity index (χ2n) is 5.49. The molecule has 2 unspecified atom stereocenters. The van der Waals surface area contributed by atoms with Crippen LogP contribution in [-0.4, -0.2) is 27.8 Å². The van der Waals surface area contributed by atoms with Gasteiger partial charge in [-0.25, -0.2) is 14.2 Å². The first-order chi connectivity index (χ1) is 10.1. The predicted octanol–water partition coefficient (Wildman–Crippen LogP) is 3.23. The average Bonchev–Trinajstić information content (AvgIpc) is 2.71. The Kier molecular flexibility index (Phi) is 4.17. The van der Waals surface area contributed by atoms with Crippen LogP contribution < -0.4 is 10.6 Å². The van der Waals surface area contributed by atoms with E-state index in [2.05, 4.69) is 15.6 Å². The van der Waals surface area contributed by atoms with Gasteiger partial charge in [-0.2, -0.15) is 13.2 Å². The number of hydrogen-bond donors (Lipinski definition) is 3. The summed E-state index contributed by atoms with van der Waals surface area (Å²) in [5.41, 5.74) is -1.99. The highest BCUT2D eigenvalue weighted by molar-refractivity contribution is 5.65.